The minimum atomic E-state index is -0.539. The maximum atomic E-state index is 12.6. The van der Waals surface area contributed by atoms with Gasteiger partial charge in [0, 0.05) is 17.5 Å². The number of nitrogens with zero attached hydrogens (tertiary/aromatic N) is 1. The smallest absolute Gasteiger partial charge is 0.339 e. The topological polar surface area (TPSA) is 68.3 Å². The summed E-state index contributed by atoms with van der Waals surface area (Å²) in [5.74, 6) is -0.860. The van der Waals surface area contributed by atoms with E-state index in [1.807, 2.05) is 62.4 Å². The largest absolute Gasteiger partial charge is 0.452 e. The molecule has 0 aliphatic rings. The Labute approximate surface area is 152 Å². The fourth-order valence-electron chi connectivity index (χ4n) is 2.67. The van der Waals surface area contributed by atoms with E-state index in [2.05, 4.69) is 10.3 Å². The molecule has 2 aromatic carbocycles. The van der Waals surface area contributed by atoms with Crippen molar-refractivity contribution in [2.24, 2.45) is 0 Å². The van der Waals surface area contributed by atoms with Crippen molar-refractivity contribution < 1.29 is 14.3 Å². The van der Waals surface area contributed by atoms with Gasteiger partial charge in [-0.05, 0) is 26.0 Å². The SMILES string of the molecule is CCNC(=O)COC(=O)c1cc(-c2ccc(C)cc2)nc2ccccc12. The summed E-state index contributed by atoms with van der Waals surface area (Å²) in [6, 6.07) is 17.0. The molecule has 0 bridgehead atoms. The van der Waals surface area contributed by atoms with Gasteiger partial charge in [0.25, 0.3) is 5.91 Å². The number of hydrogen-bond donors (Lipinski definition) is 1. The van der Waals surface area contributed by atoms with Crippen molar-refractivity contribution >= 4 is 22.8 Å². The molecule has 5 nitrogen and oxygen atoms in total. The van der Waals surface area contributed by atoms with Gasteiger partial charge >= 0.3 is 5.97 Å². The molecule has 0 unspecified atom stereocenters. The number of esters is 1. The van der Waals surface area contributed by atoms with Gasteiger partial charge in [-0.2, -0.15) is 0 Å². The van der Waals surface area contributed by atoms with Crippen molar-refractivity contribution in [3.63, 3.8) is 0 Å². The summed E-state index contributed by atoms with van der Waals surface area (Å²) >= 11 is 0. The fourth-order valence-corrected chi connectivity index (χ4v) is 2.67. The van der Waals surface area contributed by atoms with E-state index in [0.717, 1.165) is 11.1 Å². The van der Waals surface area contributed by atoms with E-state index in [9.17, 15) is 9.59 Å². The van der Waals surface area contributed by atoms with Gasteiger partial charge in [-0.3, -0.25) is 4.79 Å². The molecule has 1 aromatic heterocycles. The van der Waals surface area contributed by atoms with Gasteiger partial charge in [0.1, 0.15) is 0 Å². The van der Waals surface area contributed by atoms with Crippen LogP contribution in [0.4, 0.5) is 0 Å². The van der Waals surface area contributed by atoms with Gasteiger partial charge in [0.2, 0.25) is 0 Å². The molecule has 0 aliphatic carbocycles. The Bertz CT molecular complexity index is 949. The highest BCUT2D eigenvalue weighted by Crippen LogP contribution is 2.25. The van der Waals surface area contributed by atoms with E-state index in [1.54, 1.807) is 6.07 Å². The number of carbonyl (C=O) groups excluding carboxylic acids is 2. The van der Waals surface area contributed by atoms with Crippen molar-refractivity contribution in [1.29, 1.82) is 0 Å². The molecule has 132 valence electrons. The molecule has 0 radical (unpaired) electrons. The van der Waals surface area contributed by atoms with Gasteiger partial charge in [-0.1, -0.05) is 48.0 Å². The molecule has 5 heteroatoms. The zero-order valence-electron chi connectivity index (χ0n) is 14.8. The van der Waals surface area contributed by atoms with Crippen molar-refractivity contribution in [2.45, 2.75) is 13.8 Å². The number of aromatic nitrogens is 1. The van der Waals surface area contributed by atoms with Crippen molar-refractivity contribution in [1.82, 2.24) is 10.3 Å². The monoisotopic (exact) mass is 348 g/mol. The van der Waals surface area contributed by atoms with Crippen LogP contribution in [-0.4, -0.2) is 30.0 Å². The normalized spacial score (nSPS) is 10.5. The van der Waals surface area contributed by atoms with Crippen molar-refractivity contribution in [2.75, 3.05) is 13.2 Å². The lowest BCUT2D eigenvalue weighted by atomic mass is 10.0. The van der Waals surface area contributed by atoms with Crippen LogP contribution in [0.5, 0.6) is 0 Å². The van der Waals surface area contributed by atoms with E-state index in [1.165, 1.54) is 0 Å². The number of ether oxygens (including phenoxy) is 1. The number of pyridine rings is 1. The number of fused-ring (bicyclic) bond motifs is 1. The third-order valence-electron chi connectivity index (χ3n) is 3.99. The molecule has 0 aliphatic heterocycles. The number of carbonyl (C=O) groups is 2. The van der Waals surface area contributed by atoms with E-state index in [-0.39, 0.29) is 12.5 Å². The van der Waals surface area contributed by atoms with Crippen LogP contribution in [0.15, 0.2) is 54.6 Å². The van der Waals surface area contributed by atoms with Crippen LogP contribution in [-0.2, 0) is 9.53 Å². The second-order valence-corrected chi connectivity index (χ2v) is 5.97. The minimum Gasteiger partial charge on any atom is -0.452 e. The first-order valence-electron chi connectivity index (χ1n) is 8.49. The fraction of sp³-hybridized carbons (Fsp3) is 0.190. The van der Waals surface area contributed by atoms with Gasteiger partial charge in [-0.25, -0.2) is 9.78 Å². The number of nitrogens with one attached hydrogen (secondary N) is 1. The molecule has 26 heavy (non-hydrogen) atoms. The first kappa shape index (κ1) is 17.6. The molecule has 1 amide bonds. The molecular formula is C21H20N2O3. The zero-order valence-corrected chi connectivity index (χ0v) is 14.8. The Morgan fingerprint density at radius 2 is 1.81 bits per heavy atom. The maximum Gasteiger partial charge on any atom is 0.339 e. The van der Waals surface area contributed by atoms with Gasteiger partial charge in [-0.15, -0.1) is 0 Å². The second kappa shape index (κ2) is 7.78. The van der Waals surface area contributed by atoms with Crippen LogP contribution in [0.2, 0.25) is 0 Å². The minimum absolute atomic E-state index is 0.302. The molecule has 0 saturated carbocycles. The van der Waals surface area contributed by atoms with Gasteiger partial charge < -0.3 is 10.1 Å². The Morgan fingerprint density at radius 3 is 2.54 bits per heavy atom. The number of amides is 1. The highest BCUT2D eigenvalue weighted by Gasteiger charge is 2.16. The summed E-state index contributed by atoms with van der Waals surface area (Å²) in [4.78, 5) is 28.8. The lowest BCUT2D eigenvalue weighted by molar-refractivity contribution is -0.124. The Morgan fingerprint density at radius 1 is 1.08 bits per heavy atom. The zero-order chi connectivity index (χ0) is 18.5. The first-order valence-corrected chi connectivity index (χ1v) is 8.49. The number of rotatable bonds is 5. The van der Waals surface area contributed by atoms with Gasteiger partial charge in [0.05, 0.1) is 16.8 Å². The number of hydrogen-bond acceptors (Lipinski definition) is 4. The summed E-state index contributed by atoms with van der Waals surface area (Å²) in [5.41, 5.74) is 3.86. The van der Waals surface area contributed by atoms with Crippen molar-refractivity contribution in [3.8, 4) is 11.3 Å². The van der Waals surface area contributed by atoms with E-state index >= 15 is 0 Å². The second-order valence-electron chi connectivity index (χ2n) is 5.97. The third-order valence-corrected chi connectivity index (χ3v) is 3.99. The molecule has 1 heterocycles. The Hall–Kier alpha value is -3.21. The van der Waals surface area contributed by atoms with Crippen LogP contribution in [0, 0.1) is 6.92 Å². The summed E-state index contributed by atoms with van der Waals surface area (Å²) in [5, 5.41) is 3.30. The standard InChI is InChI=1S/C21H20N2O3/c1-3-22-20(24)13-26-21(25)17-12-19(15-10-8-14(2)9-11-15)23-18-7-5-4-6-16(17)18/h4-12H,3,13H2,1-2H3,(H,22,24). The lowest BCUT2D eigenvalue weighted by Crippen LogP contribution is -2.28. The van der Waals surface area contributed by atoms with Crippen LogP contribution in [0.25, 0.3) is 22.2 Å². The predicted octanol–water partition coefficient (Wildman–Crippen LogP) is 3.50. The molecular weight excluding hydrogens is 328 g/mol. The highest BCUT2D eigenvalue weighted by atomic mass is 16.5. The average molecular weight is 348 g/mol. The number of likely N-dealkylation sites (N-methyl/N-ethyl adjacent to an activating group) is 1. The predicted molar refractivity (Wildman–Crippen MR) is 101 cm³/mol. The summed E-state index contributed by atoms with van der Waals surface area (Å²) < 4.78 is 5.18. The van der Waals surface area contributed by atoms with Crippen LogP contribution in [0.1, 0.15) is 22.8 Å². The van der Waals surface area contributed by atoms with Crippen molar-refractivity contribution in [3.05, 3.63) is 65.7 Å². The average Bonchev–Trinajstić information content (AvgIpc) is 2.66. The lowest BCUT2D eigenvalue weighted by Gasteiger charge is -2.10. The van der Waals surface area contributed by atoms with Crippen LogP contribution in [0.3, 0.4) is 0 Å². The maximum absolute atomic E-state index is 12.6. The van der Waals surface area contributed by atoms with E-state index in [4.69, 9.17) is 4.74 Å². The molecule has 0 fully saturated rings. The van der Waals surface area contributed by atoms with Crippen LogP contribution >= 0.6 is 0 Å². The molecule has 0 saturated heterocycles. The first-order chi connectivity index (χ1) is 12.6. The highest BCUT2D eigenvalue weighted by molar-refractivity contribution is 6.05. The molecule has 3 aromatic rings. The quantitative estimate of drug-likeness (QED) is 0.717. The Kier molecular flexibility index (Phi) is 5.27. The van der Waals surface area contributed by atoms with E-state index in [0.29, 0.717) is 28.7 Å². The summed E-state index contributed by atoms with van der Waals surface area (Å²) in [7, 11) is 0. The number of benzene rings is 2. The third kappa shape index (κ3) is 3.88. The van der Waals surface area contributed by atoms with Gasteiger partial charge in [0.15, 0.2) is 6.61 Å². The molecule has 1 N–H and O–H groups in total. The number of para-hydroxylation sites is 1. The summed E-state index contributed by atoms with van der Waals surface area (Å²) in [6.07, 6.45) is 0. The Balaban J connectivity index is 1.98. The molecule has 0 spiro atoms. The number of aryl methyl sites for hydroxylation is 1. The summed E-state index contributed by atoms with van der Waals surface area (Å²) in [6.45, 7) is 4.01. The van der Waals surface area contributed by atoms with Crippen LogP contribution < -0.4 is 5.32 Å². The van der Waals surface area contributed by atoms with E-state index < -0.39 is 5.97 Å². The molecule has 0 atom stereocenters. The molecule has 3 rings (SSSR count).